The molecule has 5 rings (SSSR count). The van der Waals surface area contributed by atoms with Crippen LogP contribution in [0, 0.1) is 12.7 Å². The summed E-state index contributed by atoms with van der Waals surface area (Å²) in [4.78, 5) is 14.8. The first-order chi connectivity index (χ1) is 14.2. The van der Waals surface area contributed by atoms with E-state index in [0.29, 0.717) is 11.3 Å². The Morgan fingerprint density at radius 3 is 2.83 bits per heavy atom. The Balaban J connectivity index is 1.27. The molecular weight excluding hydrogens is 369 g/mol. The summed E-state index contributed by atoms with van der Waals surface area (Å²) in [5, 5.41) is 3.30. The van der Waals surface area contributed by atoms with Crippen LogP contribution in [-0.2, 0) is 11.4 Å². The van der Waals surface area contributed by atoms with Gasteiger partial charge in [-0.1, -0.05) is 6.07 Å². The van der Waals surface area contributed by atoms with Gasteiger partial charge >= 0.3 is 0 Å². The van der Waals surface area contributed by atoms with Gasteiger partial charge in [0.25, 0.3) is 0 Å². The molecule has 1 aromatic carbocycles. The van der Waals surface area contributed by atoms with Crippen molar-refractivity contribution < 1.29 is 9.23 Å². The van der Waals surface area contributed by atoms with E-state index in [1.165, 1.54) is 5.56 Å². The number of aryl methyl sites for hydroxylation is 1. The minimum Gasteiger partial charge on any atom is -0.384 e. The molecule has 0 atom stereocenters. The quantitative estimate of drug-likeness (QED) is 0.832. The minimum atomic E-state index is -0.197. The van der Waals surface area contributed by atoms with Crippen molar-refractivity contribution in [1.29, 1.82) is 0 Å². The first-order valence-electron chi connectivity index (χ1n) is 10.3. The van der Waals surface area contributed by atoms with Gasteiger partial charge in [-0.2, -0.15) is 0 Å². The molecule has 4 heterocycles. The molecule has 0 aliphatic carbocycles. The van der Waals surface area contributed by atoms with E-state index >= 15 is 0 Å². The lowest BCUT2D eigenvalue weighted by atomic mass is 10.00. The molecular formula is C22H26FN5O. The van der Waals surface area contributed by atoms with Crippen LogP contribution >= 0.6 is 0 Å². The third-order valence-electron chi connectivity index (χ3n) is 5.84. The summed E-state index contributed by atoms with van der Waals surface area (Å²) >= 11 is 0. The Hall–Kier alpha value is -2.80. The zero-order valence-corrected chi connectivity index (χ0v) is 16.7. The second kappa shape index (κ2) is 7.55. The summed E-state index contributed by atoms with van der Waals surface area (Å²) in [5.41, 5.74) is 7.18. The number of allylic oxidation sites excluding steroid dienone is 1. The van der Waals surface area contributed by atoms with Crippen molar-refractivity contribution >= 4 is 17.2 Å². The Kier molecular flexibility index (Phi) is 4.75. The molecule has 0 amide bonds. The number of rotatable bonds is 3. The predicted molar refractivity (Wildman–Crippen MR) is 112 cm³/mol. The number of piperazine rings is 1. The third-order valence-corrected chi connectivity index (χ3v) is 5.84. The monoisotopic (exact) mass is 395 g/mol. The highest BCUT2D eigenvalue weighted by Gasteiger charge is 2.27. The highest BCUT2D eigenvalue weighted by molar-refractivity contribution is 5.79. The Bertz CT molecular complexity index is 935. The number of hydrogen-bond donors (Lipinski definition) is 2. The number of hydrogen-bond acceptors (Lipinski definition) is 6. The Morgan fingerprint density at radius 2 is 2.03 bits per heavy atom. The van der Waals surface area contributed by atoms with Gasteiger partial charge in [0.2, 0.25) is 0 Å². The van der Waals surface area contributed by atoms with Crippen LogP contribution in [0.1, 0.15) is 29.5 Å². The SMILES string of the molecule is Cc1ccc(N2CCN(Cc3cc(F)c4c(c3)NOC3=C4NCCC3)CC2)nc1. The average molecular weight is 395 g/mol. The van der Waals surface area contributed by atoms with Crippen LogP contribution in [0.5, 0.6) is 0 Å². The summed E-state index contributed by atoms with van der Waals surface area (Å²) < 4.78 is 15.0. The summed E-state index contributed by atoms with van der Waals surface area (Å²) in [5.74, 6) is 1.63. The molecule has 0 radical (unpaired) electrons. The molecule has 6 nitrogen and oxygen atoms in total. The van der Waals surface area contributed by atoms with E-state index in [2.05, 4.69) is 37.7 Å². The highest BCUT2D eigenvalue weighted by atomic mass is 19.1. The van der Waals surface area contributed by atoms with Crippen molar-refractivity contribution in [3.63, 3.8) is 0 Å². The smallest absolute Gasteiger partial charge is 0.156 e. The number of benzene rings is 1. The van der Waals surface area contributed by atoms with E-state index < -0.39 is 0 Å². The van der Waals surface area contributed by atoms with Crippen molar-refractivity contribution in [2.45, 2.75) is 26.3 Å². The molecule has 0 saturated carbocycles. The molecule has 152 valence electrons. The van der Waals surface area contributed by atoms with Crippen molar-refractivity contribution in [2.75, 3.05) is 43.1 Å². The predicted octanol–water partition coefficient (Wildman–Crippen LogP) is 3.26. The van der Waals surface area contributed by atoms with Crippen molar-refractivity contribution in [3.05, 3.63) is 58.7 Å². The number of anilines is 2. The van der Waals surface area contributed by atoms with E-state index in [-0.39, 0.29) is 5.82 Å². The van der Waals surface area contributed by atoms with Crippen molar-refractivity contribution in [1.82, 2.24) is 15.2 Å². The van der Waals surface area contributed by atoms with Gasteiger partial charge in [0, 0.05) is 51.9 Å². The van der Waals surface area contributed by atoms with Crippen LogP contribution in [0.3, 0.4) is 0 Å². The number of nitrogens with zero attached hydrogens (tertiary/aromatic N) is 3. The highest BCUT2D eigenvalue weighted by Crippen LogP contribution is 2.36. The molecule has 29 heavy (non-hydrogen) atoms. The lowest BCUT2D eigenvalue weighted by molar-refractivity contribution is 0.247. The topological polar surface area (TPSA) is 52.7 Å². The molecule has 3 aliphatic heterocycles. The fourth-order valence-corrected chi connectivity index (χ4v) is 4.26. The number of halogens is 1. The number of nitrogens with one attached hydrogen (secondary N) is 2. The van der Waals surface area contributed by atoms with Gasteiger partial charge in [-0.05, 0) is 42.7 Å². The molecule has 7 heteroatoms. The molecule has 2 N–H and O–H groups in total. The van der Waals surface area contributed by atoms with Crippen LogP contribution in [0.25, 0.3) is 5.70 Å². The maximum atomic E-state index is 15.0. The van der Waals surface area contributed by atoms with Gasteiger partial charge < -0.3 is 15.1 Å². The lowest BCUT2D eigenvalue weighted by Crippen LogP contribution is -2.46. The van der Waals surface area contributed by atoms with Gasteiger partial charge in [-0.25, -0.2) is 14.9 Å². The first-order valence-corrected chi connectivity index (χ1v) is 10.3. The van der Waals surface area contributed by atoms with Gasteiger partial charge in [-0.3, -0.25) is 4.90 Å². The van der Waals surface area contributed by atoms with Gasteiger partial charge in [-0.15, -0.1) is 0 Å². The zero-order chi connectivity index (χ0) is 19.8. The van der Waals surface area contributed by atoms with Crippen LogP contribution in [0.2, 0.25) is 0 Å². The van der Waals surface area contributed by atoms with Gasteiger partial charge in [0.15, 0.2) is 5.76 Å². The average Bonchev–Trinajstić information content (AvgIpc) is 2.74. The maximum Gasteiger partial charge on any atom is 0.156 e. The van der Waals surface area contributed by atoms with E-state index in [0.717, 1.165) is 74.9 Å². The fourth-order valence-electron chi connectivity index (χ4n) is 4.26. The summed E-state index contributed by atoms with van der Waals surface area (Å²) in [6, 6.07) is 7.85. The second-order valence-electron chi connectivity index (χ2n) is 7.99. The first kappa shape index (κ1) is 18.2. The van der Waals surface area contributed by atoms with E-state index in [4.69, 9.17) is 4.84 Å². The third kappa shape index (κ3) is 3.62. The van der Waals surface area contributed by atoms with Gasteiger partial charge in [0.05, 0.1) is 16.9 Å². The molecule has 0 unspecified atom stereocenters. The number of aromatic nitrogens is 1. The zero-order valence-electron chi connectivity index (χ0n) is 16.7. The number of fused-ring (bicyclic) bond motifs is 2. The van der Waals surface area contributed by atoms with Crippen molar-refractivity contribution in [2.24, 2.45) is 0 Å². The summed E-state index contributed by atoms with van der Waals surface area (Å²) in [7, 11) is 0. The van der Waals surface area contributed by atoms with Crippen LogP contribution in [0.4, 0.5) is 15.9 Å². The van der Waals surface area contributed by atoms with Gasteiger partial charge in [0.1, 0.15) is 11.6 Å². The molecule has 0 spiro atoms. The van der Waals surface area contributed by atoms with E-state index in [9.17, 15) is 4.39 Å². The molecule has 1 saturated heterocycles. The maximum absolute atomic E-state index is 15.0. The van der Waals surface area contributed by atoms with E-state index in [1.807, 2.05) is 19.2 Å². The molecule has 3 aliphatic rings. The molecule has 1 fully saturated rings. The van der Waals surface area contributed by atoms with Crippen LogP contribution in [0.15, 0.2) is 36.2 Å². The van der Waals surface area contributed by atoms with Crippen LogP contribution in [-0.4, -0.2) is 42.6 Å². The standard InChI is InChI=1S/C22H26FN5O/c1-15-4-5-20(25-13-15)28-9-7-27(8-10-28)14-16-11-17(23)21-18(12-16)26-29-19-3-2-6-24-22(19)21/h4-5,11-13,24,26H,2-3,6-10,14H2,1H3. The summed E-state index contributed by atoms with van der Waals surface area (Å²) in [6.45, 7) is 7.32. The second-order valence-corrected chi connectivity index (χ2v) is 7.99. The Morgan fingerprint density at radius 1 is 1.17 bits per heavy atom. The van der Waals surface area contributed by atoms with Crippen molar-refractivity contribution in [3.8, 4) is 0 Å². The normalized spacial score (nSPS) is 19.0. The number of pyridine rings is 1. The van der Waals surface area contributed by atoms with E-state index in [1.54, 1.807) is 6.07 Å². The largest absolute Gasteiger partial charge is 0.384 e. The molecule has 0 bridgehead atoms. The molecule has 1 aromatic heterocycles. The fraction of sp³-hybridized carbons (Fsp3) is 0.409. The lowest BCUT2D eigenvalue weighted by Gasteiger charge is -2.35. The summed E-state index contributed by atoms with van der Waals surface area (Å²) in [6.07, 6.45) is 3.74. The minimum absolute atomic E-state index is 0.197. The Labute approximate surface area is 170 Å². The molecule has 2 aromatic rings. The van der Waals surface area contributed by atoms with Crippen LogP contribution < -0.4 is 15.7 Å².